The molecule has 0 bridgehead atoms. The first-order chi connectivity index (χ1) is 8.56. The first kappa shape index (κ1) is 14.6. The number of likely N-dealkylation sites (N-methyl/N-ethyl adjacent to an activating group) is 1. The van der Waals surface area contributed by atoms with Crippen molar-refractivity contribution >= 4 is 5.91 Å². The highest BCUT2D eigenvalue weighted by Gasteiger charge is 2.16. The van der Waals surface area contributed by atoms with Crippen LogP contribution in [0.15, 0.2) is 24.3 Å². The molecule has 5 heteroatoms. The van der Waals surface area contributed by atoms with Gasteiger partial charge in [0.25, 0.3) is 0 Å². The van der Waals surface area contributed by atoms with Gasteiger partial charge in [0.15, 0.2) is 0 Å². The van der Waals surface area contributed by atoms with E-state index in [0.29, 0.717) is 6.54 Å². The predicted molar refractivity (Wildman–Crippen MR) is 67.5 cm³/mol. The fourth-order valence-electron chi connectivity index (χ4n) is 1.56. The Balaban J connectivity index is 2.49. The third kappa shape index (κ3) is 4.09. The largest absolute Gasteiger partial charge is 0.387 e. The second-order valence-corrected chi connectivity index (χ2v) is 4.06. The molecule has 0 aliphatic carbocycles. The molecular weight excluding hydrogens is 235 g/mol. The maximum absolute atomic E-state index is 13.4. The lowest BCUT2D eigenvalue weighted by Gasteiger charge is -2.17. The molecular formula is C13H19FN2O2. The van der Waals surface area contributed by atoms with Crippen molar-refractivity contribution in [3.63, 3.8) is 0 Å². The Labute approximate surface area is 106 Å². The van der Waals surface area contributed by atoms with Crippen molar-refractivity contribution in [1.82, 2.24) is 10.6 Å². The highest BCUT2D eigenvalue weighted by molar-refractivity contribution is 5.81. The molecule has 2 atom stereocenters. The number of carbonyl (C=O) groups excluding carboxylic acids is 1. The molecule has 1 rings (SSSR count). The van der Waals surface area contributed by atoms with Crippen molar-refractivity contribution in [2.45, 2.75) is 26.0 Å². The number of aliphatic hydroxyl groups excluding tert-OH is 1. The molecule has 0 fully saturated rings. The van der Waals surface area contributed by atoms with Crippen molar-refractivity contribution in [1.29, 1.82) is 0 Å². The Morgan fingerprint density at radius 3 is 2.72 bits per heavy atom. The topological polar surface area (TPSA) is 61.4 Å². The van der Waals surface area contributed by atoms with Gasteiger partial charge in [-0.1, -0.05) is 18.2 Å². The van der Waals surface area contributed by atoms with Crippen LogP contribution in [0, 0.1) is 5.82 Å². The number of hydrogen-bond donors (Lipinski definition) is 3. The van der Waals surface area contributed by atoms with Crippen LogP contribution in [-0.4, -0.2) is 30.1 Å². The summed E-state index contributed by atoms with van der Waals surface area (Å²) in [5.74, 6) is -0.587. The van der Waals surface area contributed by atoms with Gasteiger partial charge >= 0.3 is 0 Å². The number of hydrogen-bond acceptors (Lipinski definition) is 3. The molecule has 100 valence electrons. The number of carbonyl (C=O) groups is 1. The smallest absolute Gasteiger partial charge is 0.236 e. The lowest BCUT2D eigenvalue weighted by atomic mass is 10.1. The molecule has 1 aromatic carbocycles. The monoisotopic (exact) mass is 254 g/mol. The normalized spacial score (nSPS) is 14.0. The maximum Gasteiger partial charge on any atom is 0.236 e. The van der Waals surface area contributed by atoms with Crippen molar-refractivity contribution in [2.75, 3.05) is 13.1 Å². The minimum atomic E-state index is -0.969. The summed E-state index contributed by atoms with van der Waals surface area (Å²) in [6.45, 7) is 4.21. The van der Waals surface area contributed by atoms with Crippen LogP contribution in [0.2, 0.25) is 0 Å². The Hall–Kier alpha value is -1.46. The maximum atomic E-state index is 13.4. The quantitative estimate of drug-likeness (QED) is 0.709. The number of halogens is 1. The predicted octanol–water partition coefficient (Wildman–Crippen LogP) is 0.973. The molecule has 0 radical (unpaired) electrons. The van der Waals surface area contributed by atoms with Crippen LogP contribution in [0.5, 0.6) is 0 Å². The molecule has 4 nitrogen and oxygen atoms in total. The number of benzene rings is 1. The molecule has 0 heterocycles. The summed E-state index contributed by atoms with van der Waals surface area (Å²) in [7, 11) is 0. The zero-order valence-corrected chi connectivity index (χ0v) is 10.6. The Kier molecular flexibility index (Phi) is 5.74. The summed E-state index contributed by atoms with van der Waals surface area (Å²) in [4.78, 5) is 11.4. The van der Waals surface area contributed by atoms with Crippen LogP contribution in [0.4, 0.5) is 4.39 Å². The molecule has 1 aromatic rings. The minimum absolute atomic E-state index is 0.124. The third-order valence-corrected chi connectivity index (χ3v) is 2.63. The van der Waals surface area contributed by atoms with Crippen molar-refractivity contribution < 1.29 is 14.3 Å². The van der Waals surface area contributed by atoms with Crippen molar-refractivity contribution in [3.8, 4) is 0 Å². The van der Waals surface area contributed by atoms with E-state index in [9.17, 15) is 14.3 Å². The van der Waals surface area contributed by atoms with Crippen LogP contribution in [0.3, 0.4) is 0 Å². The highest BCUT2D eigenvalue weighted by atomic mass is 19.1. The van der Waals surface area contributed by atoms with Gasteiger partial charge in [0.2, 0.25) is 5.91 Å². The van der Waals surface area contributed by atoms with E-state index in [1.807, 2.05) is 6.92 Å². The average molecular weight is 254 g/mol. The average Bonchev–Trinajstić information content (AvgIpc) is 2.36. The van der Waals surface area contributed by atoms with Crippen molar-refractivity contribution in [2.24, 2.45) is 0 Å². The second kappa shape index (κ2) is 7.08. The molecule has 18 heavy (non-hydrogen) atoms. The van der Waals surface area contributed by atoms with Crippen LogP contribution >= 0.6 is 0 Å². The molecule has 0 saturated carbocycles. The number of nitrogens with one attached hydrogen (secondary N) is 2. The number of amides is 1. The van der Waals surface area contributed by atoms with E-state index in [0.717, 1.165) is 0 Å². The lowest BCUT2D eigenvalue weighted by Crippen LogP contribution is -2.43. The van der Waals surface area contributed by atoms with E-state index in [-0.39, 0.29) is 18.0 Å². The summed E-state index contributed by atoms with van der Waals surface area (Å²) in [5, 5.41) is 15.4. The standard InChI is InChI=1S/C13H19FN2O2/c1-3-15-13(18)9(2)16-8-12(17)10-6-4-5-7-11(10)14/h4-7,9,12,16-17H,3,8H2,1-2H3,(H,15,18). The van der Waals surface area contributed by atoms with Gasteiger partial charge in [-0.15, -0.1) is 0 Å². The first-order valence-electron chi connectivity index (χ1n) is 5.99. The summed E-state index contributed by atoms with van der Waals surface area (Å²) in [6.07, 6.45) is -0.969. The minimum Gasteiger partial charge on any atom is -0.387 e. The van der Waals surface area contributed by atoms with Crippen LogP contribution < -0.4 is 10.6 Å². The Bertz CT molecular complexity index is 398. The summed E-state index contributed by atoms with van der Waals surface area (Å²) < 4.78 is 13.4. The van der Waals surface area contributed by atoms with Gasteiger partial charge in [-0.05, 0) is 19.9 Å². The van der Waals surface area contributed by atoms with Crippen molar-refractivity contribution in [3.05, 3.63) is 35.6 Å². The van der Waals surface area contributed by atoms with E-state index in [4.69, 9.17) is 0 Å². The molecule has 0 aromatic heterocycles. The summed E-state index contributed by atoms with van der Waals surface area (Å²) >= 11 is 0. The fourth-order valence-corrected chi connectivity index (χ4v) is 1.56. The molecule has 0 aliphatic rings. The molecule has 0 aliphatic heterocycles. The highest BCUT2D eigenvalue weighted by Crippen LogP contribution is 2.15. The van der Waals surface area contributed by atoms with E-state index >= 15 is 0 Å². The Morgan fingerprint density at radius 2 is 2.11 bits per heavy atom. The van der Waals surface area contributed by atoms with Crippen LogP contribution in [-0.2, 0) is 4.79 Å². The SMILES string of the molecule is CCNC(=O)C(C)NCC(O)c1ccccc1F. The van der Waals surface area contributed by atoms with Gasteiger partial charge in [-0.25, -0.2) is 4.39 Å². The summed E-state index contributed by atoms with van der Waals surface area (Å²) in [6, 6.07) is 5.63. The van der Waals surface area contributed by atoms with Crippen LogP contribution in [0.1, 0.15) is 25.5 Å². The summed E-state index contributed by atoms with van der Waals surface area (Å²) in [5.41, 5.74) is 0.230. The third-order valence-electron chi connectivity index (χ3n) is 2.63. The Morgan fingerprint density at radius 1 is 1.44 bits per heavy atom. The van der Waals surface area contributed by atoms with Gasteiger partial charge < -0.3 is 15.7 Å². The van der Waals surface area contributed by atoms with Gasteiger partial charge in [-0.3, -0.25) is 4.79 Å². The van der Waals surface area contributed by atoms with Gasteiger partial charge in [0.05, 0.1) is 12.1 Å². The van der Waals surface area contributed by atoms with Gasteiger partial charge in [0.1, 0.15) is 5.82 Å². The first-order valence-corrected chi connectivity index (χ1v) is 5.99. The molecule has 0 saturated heterocycles. The second-order valence-electron chi connectivity index (χ2n) is 4.06. The molecule has 0 spiro atoms. The zero-order valence-electron chi connectivity index (χ0n) is 10.6. The van der Waals surface area contributed by atoms with E-state index in [2.05, 4.69) is 10.6 Å². The molecule has 3 N–H and O–H groups in total. The lowest BCUT2D eigenvalue weighted by molar-refractivity contribution is -0.122. The molecule has 2 unspecified atom stereocenters. The van der Waals surface area contributed by atoms with E-state index in [1.54, 1.807) is 19.1 Å². The number of rotatable bonds is 6. The van der Waals surface area contributed by atoms with Crippen LogP contribution in [0.25, 0.3) is 0 Å². The van der Waals surface area contributed by atoms with Gasteiger partial charge in [0, 0.05) is 18.7 Å². The van der Waals surface area contributed by atoms with E-state index in [1.165, 1.54) is 12.1 Å². The zero-order chi connectivity index (χ0) is 13.5. The van der Waals surface area contributed by atoms with Gasteiger partial charge in [-0.2, -0.15) is 0 Å². The number of aliphatic hydroxyl groups is 1. The molecule has 1 amide bonds. The fraction of sp³-hybridized carbons (Fsp3) is 0.462. The van der Waals surface area contributed by atoms with E-state index < -0.39 is 18.0 Å².